The van der Waals surface area contributed by atoms with Gasteiger partial charge in [-0.3, -0.25) is 10.1 Å². The van der Waals surface area contributed by atoms with E-state index in [0.717, 1.165) is 5.56 Å². The van der Waals surface area contributed by atoms with Gasteiger partial charge in [-0.05, 0) is 25.3 Å². The molecule has 1 heterocycles. The van der Waals surface area contributed by atoms with Crippen LogP contribution in [0.25, 0.3) is 0 Å². The normalized spacial score (nSPS) is 23.9. The van der Waals surface area contributed by atoms with Crippen LogP contribution in [0, 0.1) is 5.92 Å². The highest BCUT2D eigenvalue weighted by Gasteiger charge is 2.41. The fraction of sp³-hybridized carbons (Fsp3) is 0.588. The van der Waals surface area contributed by atoms with Gasteiger partial charge in [0.2, 0.25) is 5.91 Å². The van der Waals surface area contributed by atoms with Crippen molar-refractivity contribution in [1.29, 1.82) is 0 Å². The number of amides is 1. The second-order valence-electron chi connectivity index (χ2n) is 5.90. The maximum absolute atomic E-state index is 12.8. The standard InChI is InChI=1S/C17H26N2O2/c1-5-21-11-15(12(2)3)19-13(4)18-16(17(19)20)14-9-7-6-8-10-14/h6-10,12-13,15-16,18H,5,11H2,1-4H3. The highest BCUT2D eigenvalue weighted by Crippen LogP contribution is 2.28. The SMILES string of the molecule is CCOCC(C(C)C)N1C(=O)C(c2ccccc2)NC1C. The van der Waals surface area contributed by atoms with Gasteiger partial charge in [0.05, 0.1) is 18.8 Å². The predicted octanol–water partition coefficient (Wildman–Crippen LogP) is 2.57. The third-order valence-electron chi connectivity index (χ3n) is 4.08. The summed E-state index contributed by atoms with van der Waals surface area (Å²) in [5.41, 5.74) is 1.02. The van der Waals surface area contributed by atoms with Gasteiger partial charge in [-0.25, -0.2) is 0 Å². The molecule has 1 amide bonds. The minimum Gasteiger partial charge on any atom is -0.380 e. The van der Waals surface area contributed by atoms with Gasteiger partial charge in [0.25, 0.3) is 0 Å². The molecule has 0 aliphatic carbocycles. The molecule has 21 heavy (non-hydrogen) atoms. The summed E-state index contributed by atoms with van der Waals surface area (Å²) in [6, 6.07) is 9.76. The Kier molecular flexibility index (Phi) is 5.37. The first-order valence-corrected chi connectivity index (χ1v) is 7.77. The molecule has 0 aromatic heterocycles. The fourth-order valence-corrected chi connectivity index (χ4v) is 2.90. The van der Waals surface area contributed by atoms with E-state index in [0.29, 0.717) is 19.1 Å². The van der Waals surface area contributed by atoms with E-state index in [-0.39, 0.29) is 24.2 Å². The second kappa shape index (κ2) is 7.05. The maximum Gasteiger partial charge on any atom is 0.245 e. The van der Waals surface area contributed by atoms with Crippen LogP contribution in [-0.2, 0) is 9.53 Å². The summed E-state index contributed by atoms with van der Waals surface area (Å²) >= 11 is 0. The number of benzene rings is 1. The summed E-state index contributed by atoms with van der Waals surface area (Å²) in [4.78, 5) is 14.8. The number of hydrogen-bond donors (Lipinski definition) is 1. The van der Waals surface area contributed by atoms with Crippen molar-refractivity contribution in [2.75, 3.05) is 13.2 Å². The van der Waals surface area contributed by atoms with Crippen molar-refractivity contribution in [1.82, 2.24) is 10.2 Å². The first-order chi connectivity index (χ1) is 10.1. The molecule has 1 aromatic carbocycles. The van der Waals surface area contributed by atoms with Gasteiger partial charge in [0.15, 0.2) is 0 Å². The summed E-state index contributed by atoms with van der Waals surface area (Å²) < 4.78 is 5.59. The molecule has 3 unspecified atom stereocenters. The Balaban J connectivity index is 2.18. The third kappa shape index (κ3) is 3.44. The van der Waals surface area contributed by atoms with Crippen LogP contribution in [0.3, 0.4) is 0 Å². The molecular formula is C17H26N2O2. The first-order valence-electron chi connectivity index (χ1n) is 7.77. The molecular weight excluding hydrogens is 264 g/mol. The van der Waals surface area contributed by atoms with Crippen molar-refractivity contribution in [3.63, 3.8) is 0 Å². The van der Waals surface area contributed by atoms with Gasteiger partial charge in [-0.2, -0.15) is 0 Å². The molecule has 1 fully saturated rings. The van der Waals surface area contributed by atoms with Crippen LogP contribution < -0.4 is 5.32 Å². The Morgan fingerprint density at radius 3 is 2.52 bits per heavy atom. The van der Waals surface area contributed by atoms with Crippen molar-refractivity contribution >= 4 is 5.91 Å². The zero-order chi connectivity index (χ0) is 15.4. The van der Waals surface area contributed by atoms with E-state index in [1.54, 1.807) is 0 Å². The molecule has 1 saturated heterocycles. The van der Waals surface area contributed by atoms with Crippen LogP contribution in [0.5, 0.6) is 0 Å². The monoisotopic (exact) mass is 290 g/mol. The van der Waals surface area contributed by atoms with Gasteiger partial charge < -0.3 is 9.64 Å². The van der Waals surface area contributed by atoms with Crippen LogP contribution in [0.2, 0.25) is 0 Å². The highest BCUT2D eigenvalue weighted by atomic mass is 16.5. The van der Waals surface area contributed by atoms with Crippen LogP contribution in [0.1, 0.15) is 39.3 Å². The Morgan fingerprint density at radius 2 is 1.95 bits per heavy atom. The minimum absolute atomic E-state index is 0.0237. The molecule has 1 N–H and O–H groups in total. The van der Waals surface area contributed by atoms with Crippen LogP contribution in [0.4, 0.5) is 0 Å². The maximum atomic E-state index is 12.8. The smallest absolute Gasteiger partial charge is 0.245 e. The highest BCUT2D eigenvalue weighted by molar-refractivity contribution is 5.86. The number of carbonyl (C=O) groups is 1. The third-order valence-corrected chi connectivity index (χ3v) is 4.08. The molecule has 4 heteroatoms. The minimum atomic E-state index is -0.246. The first kappa shape index (κ1) is 16.0. The summed E-state index contributed by atoms with van der Waals surface area (Å²) in [7, 11) is 0. The lowest BCUT2D eigenvalue weighted by atomic mass is 10.0. The number of nitrogens with one attached hydrogen (secondary N) is 1. The van der Waals surface area contributed by atoms with Crippen LogP contribution in [-0.4, -0.2) is 36.2 Å². The lowest BCUT2D eigenvalue weighted by Gasteiger charge is -2.33. The molecule has 116 valence electrons. The summed E-state index contributed by atoms with van der Waals surface area (Å²) in [5, 5.41) is 3.40. The summed E-state index contributed by atoms with van der Waals surface area (Å²) in [5.74, 6) is 0.506. The van der Waals surface area contributed by atoms with Gasteiger partial charge in [0.1, 0.15) is 6.04 Å². The van der Waals surface area contributed by atoms with Gasteiger partial charge in [-0.1, -0.05) is 44.2 Å². The molecule has 1 aromatic rings. The second-order valence-corrected chi connectivity index (χ2v) is 5.90. The Morgan fingerprint density at radius 1 is 1.29 bits per heavy atom. The molecule has 1 aliphatic heterocycles. The summed E-state index contributed by atoms with van der Waals surface area (Å²) in [6.07, 6.45) is 0.0237. The van der Waals surface area contributed by atoms with Crippen molar-refractivity contribution in [3.8, 4) is 0 Å². The number of rotatable bonds is 6. The largest absolute Gasteiger partial charge is 0.380 e. The van der Waals surface area contributed by atoms with Crippen LogP contribution >= 0.6 is 0 Å². The Hall–Kier alpha value is -1.39. The van der Waals surface area contributed by atoms with Gasteiger partial charge in [-0.15, -0.1) is 0 Å². The molecule has 0 bridgehead atoms. The lowest BCUT2D eigenvalue weighted by Crippen LogP contribution is -2.48. The number of nitrogens with zero attached hydrogens (tertiary/aromatic N) is 1. The van der Waals surface area contributed by atoms with Gasteiger partial charge >= 0.3 is 0 Å². The summed E-state index contributed by atoms with van der Waals surface area (Å²) in [6.45, 7) is 9.57. The van der Waals surface area contributed by atoms with Crippen molar-refractivity contribution in [2.45, 2.75) is 45.9 Å². The van der Waals surface area contributed by atoms with Gasteiger partial charge in [0, 0.05) is 6.61 Å². The van der Waals surface area contributed by atoms with Crippen molar-refractivity contribution in [3.05, 3.63) is 35.9 Å². The zero-order valence-electron chi connectivity index (χ0n) is 13.4. The lowest BCUT2D eigenvalue weighted by molar-refractivity contribution is -0.134. The molecule has 0 saturated carbocycles. The molecule has 2 rings (SSSR count). The van der Waals surface area contributed by atoms with E-state index >= 15 is 0 Å². The average molecular weight is 290 g/mol. The molecule has 0 radical (unpaired) electrons. The van der Waals surface area contributed by atoms with E-state index in [1.165, 1.54) is 0 Å². The topological polar surface area (TPSA) is 41.6 Å². The number of hydrogen-bond acceptors (Lipinski definition) is 3. The van der Waals surface area contributed by atoms with E-state index < -0.39 is 0 Å². The van der Waals surface area contributed by atoms with E-state index in [9.17, 15) is 4.79 Å². The van der Waals surface area contributed by atoms with E-state index in [4.69, 9.17) is 4.74 Å². The fourth-order valence-electron chi connectivity index (χ4n) is 2.90. The number of ether oxygens (including phenoxy) is 1. The molecule has 1 aliphatic rings. The molecule has 0 spiro atoms. The Labute approximate surface area is 127 Å². The number of carbonyl (C=O) groups excluding carboxylic acids is 1. The van der Waals surface area contributed by atoms with Crippen LogP contribution in [0.15, 0.2) is 30.3 Å². The Bertz CT molecular complexity index is 461. The van der Waals surface area contributed by atoms with E-state index in [1.807, 2.05) is 49.1 Å². The molecule has 4 nitrogen and oxygen atoms in total. The average Bonchev–Trinajstić information content (AvgIpc) is 2.76. The quantitative estimate of drug-likeness (QED) is 0.875. The van der Waals surface area contributed by atoms with E-state index in [2.05, 4.69) is 19.2 Å². The molecule has 3 atom stereocenters. The zero-order valence-corrected chi connectivity index (χ0v) is 13.4. The predicted molar refractivity (Wildman–Crippen MR) is 83.7 cm³/mol. The van der Waals surface area contributed by atoms with Crippen molar-refractivity contribution < 1.29 is 9.53 Å². The van der Waals surface area contributed by atoms with Crippen molar-refractivity contribution in [2.24, 2.45) is 5.92 Å².